The van der Waals surface area contributed by atoms with Gasteiger partial charge in [0.15, 0.2) is 0 Å². The normalized spacial score (nSPS) is 11.5. The van der Waals surface area contributed by atoms with E-state index < -0.39 is 0 Å². The summed E-state index contributed by atoms with van der Waals surface area (Å²) in [5.41, 5.74) is 46.1. The van der Waals surface area contributed by atoms with Crippen molar-refractivity contribution in [2.24, 2.45) is 0 Å². The van der Waals surface area contributed by atoms with E-state index >= 15 is 0 Å². The number of nitrogens with two attached hydrogens (primary N) is 3. The SMILES string of the molecule is CC(C)(C)c1ccc(Br)cc1.CC(C)(C)c1ccc(Nc2ccc(-c3cc(-c4ccc(Nc5ccc(C(C)(C)C)cc5)cc4)cc(-c4ccc(Nc5ccc(C(C)(C)C)cc5)cc4)c3)cc2)cc1.Nc1ccc(-c2cc(-c3ccc(N)cc3)cc(-c3ccc(N)cc3)c2)cc1. The number of nitrogens with one attached hydrogen (secondary N) is 3. The highest BCUT2D eigenvalue weighted by Gasteiger charge is 2.17. The predicted molar refractivity (Wildman–Crippen MR) is 417 cm³/mol. The van der Waals surface area contributed by atoms with Gasteiger partial charge in [0.2, 0.25) is 0 Å². The zero-order chi connectivity index (χ0) is 67.7. The summed E-state index contributed by atoms with van der Waals surface area (Å²) in [4.78, 5) is 0. The molecule has 6 nitrogen and oxygen atoms in total. The lowest BCUT2D eigenvalue weighted by atomic mass is 9.87. The van der Waals surface area contributed by atoms with E-state index in [4.69, 9.17) is 17.2 Å². The lowest BCUT2D eigenvalue weighted by Gasteiger charge is -2.19. The maximum Gasteiger partial charge on any atom is 0.0384 e. The first-order valence-corrected chi connectivity index (χ1v) is 33.5. The molecule has 0 spiro atoms. The van der Waals surface area contributed by atoms with Crippen molar-refractivity contribution < 1.29 is 0 Å². The summed E-state index contributed by atoms with van der Waals surface area (Å²) in [5.74, 6) is 0. The monoisotopic (exact) mass is 1310 g/mol. The van der Waals surface area contributed by atoms with Crippen LogP contribution in [0.5, 0.6) is 0 Å². The van der Waals surface area contributed by atoms with E-state index in [1.165, 1.54) is 55.6 Å². The summed E-state index contributed by atoms with van der Waals surface area (Å²) in [6.45, 7) is 26.9. The first-order valence-electron chi connectivity index (χ1n) is 32.7. The third-order valence-electron chi connectivity index (χ3n) is 17.1. The Morgan fingerprint density at radius 2 is 0.347 bits per heavy atom. The van der Waals surface area contributed by atoms with Crippen molar-refractivity contribution in [1.82, 2.24) is 0 Å². The van der Waals surface area contributed by atoms with Crippen LogP contribution in [0.2, 0.25) is 0 Å². The minimum absolute atomic E-state index is 0.128. The number of halogens is 1. The van der Waals surface area contributed by atoms with Gasteiger partial charge in [-0.3, -0.25) is 0 Å². The molecule has 0 aliphatic rings. The smallest absolute Gasteiger partial charge is 0.0384 e. The van der Waals surface area contributed by atoms with Gasteiger partial charge in [-0.1, -0.05) is 220 Å². The predicted octanol–water partition coefficient (Wildman–Crippen LogP) is 25.0. The lowest BCUT2D eigenvalue weighted by Crippen LogP contribution is -2.10. The Bertz CT molecular complexity index is 4010. The van der Waals surface area contributed by atoms with Crippen LogP contribution in [0.15, 0.2) is 284 Å². The van der Waals surface area contributed by atoms with Gasteiger partial charge in [0.25, 0.3) is 0 Å². The van der Waals surface area contributed by atoms with Crippen LogP contribution >= 0.6 is 15.9 Å². The summed E-state index contributed by atoms with van der Waals surface area (Å²) in [6.07, 6.45) is 0. The van der Waals surface area contributed by atoms with Gasteiger partial charge in [-0.05, 0) is 268 Å². The van der Waals surface area contributed by atoms with Crippen molar-refractivity contribution in [1.29, 1.82) is 0 Å². The van der Waals surface area contributed by atoms with Crippen molar-refractivity contribution >= 4 is 67.1 Å². The first-order chi connectivity index (χ1) is 45.1. The second-order valence-electron chi connectivity index (χ2n) is 28.8. The molecular weight excluding hydrogens is 1220 g/mol. The average molecular weight is 1310 g/mol. The molecule has 0 saturated carbocycles. The molecule has 0 unspecified atom stereocenters. The fourth-order valence-electron chi connectivity index (χ4n) is 11.1. The number of hydrogen-bond donors (Lipinski definition) is 6. The Kier molecular flexibility index (Phi) is 20.7. The van der Waals surface area contributed by atoms with E-state index in [0.717, 1.165) is 89.0 Å². The Morgan fingerprint density at radius 3 is 0.516 bits per heavy atom. The molecule has 95 heavy (non-hydrogen) atoms. The van der Waals surface area contributed by atoms with Crippen molar-refractivity contribution in [2.75, 3.05) is 33.2 Å². The van der Waals surface area contributed by atoms with Crippen LogP contribution in [0.1, 0.15) is 105 Å². The molecule has 0 amide bonds. The van der Waals surface area contributed by atoms with E-state index in [1.54, 1.807) is 0 Å². The van der Waals surface area contributed by atoms with E-state index in [1.807, 2.05) is 72.8 Å². The molecule has 0 atom stereocenters. The molecule has 7 heteroatoms. The van der Waals surface area contributed by atoms with Gasteiger partial charge in [0.1, 0.15) is 0 Å². The van der Waals surface area contributed by atoms with Gasteiger partial charge < -0.3 is 33.2 Å². The summed E-state index contributed by atoms with van der Waals surface area (Å²) in [7, 11) is 0. The number of hydrogen-bond acceptors (Lipinski definition) is 6. The molecule has 0 fully saturated rings. The minimum atomic E-state index is 0.128. The highest BCUT2D eigenvalue weighted by Crippen LogP contribution is 2.38. The molecule has 0 saturated heterocycles. The van der Waals surface area contributed by atoms with E-state index in [0.29, 0.717) is 0 Å². The van der Waals surface area contributed by atoms with Gasteiger partial charge in [0, 0.05) is 55.7 Å². The Hall–Kier alpha value is -10.1. The molecular formula is C88H91BrN6. The summed E-state index contributed by atoms with van der Waals surface area (Å²) < 4.78 is 1.14. The fourth-order valence-corrected chi connectivity index (χ4v) is 11.4. The molecule has 480 valence electrons. The summed E-state index contributed by atoms with van der Waals surface area (Å²) >= 11 is 3.41. The van der Waals surface area contributed by atoms with Gasteiger partial charge in [0.05, 0.1) is 0 Å². The standard InChI is InChI=1S/C54H57N3.C24H21N3.C10H13Br/c1-52(2,3)43-16-28-49(29-17-43)55-46-22-10-37(11-23-46)40-34-41(38-12-24-47(25-13-38)56-50-30-18-44(19-31-50)53(4,5)6)36-42(35-40)39-14-26-48(27-15-39)57-51-32-20-45(21-33-51)54(7,8)9;25-22-7-1-16(2-8-22)19-13-20(17-3-9-23(26)10-4-17)15-21(14-19)18-5-11-24(27)12-6-18;1-10(2,3)8-4-6-9(11)7-5-8/h10-36,55-57H,1-9H3;1-15H,25-27H2;4-7H,1-3H3. The van der Waals surface area contributed by atoms with Crippen LogP contribution in [0.4, 0.5) is 51.2 Å². The van der Waals surface area contributed by atoms with Crippen LogP contribution < -0.4 is 33.2 Å². The molecule has 0 bridgehead atoms. The van der Waals surface area contributed by atoms with Crippen molar-refractivity contribution in [2.45, 2.75) is 105 Å². The largest absolute Gasteiger partial charge is 0.399 e. The van der Waals surface area contributed by atoms with Crippen LogP contribution in [-0.2, 0) is 21.7 Å². The second kappa shape index (κ2) is 29.1. The Morgan fingerprint density at radius 1 is 0.200 bits per heavy atom. The third kappa shape index (κ3) is 18.6. The third-order valence-corrected chi connectivity index (χ3v) is 17.6. The second-order valence-corrected chi connectivity index (χ2v) is 29.7. The molecule has 0 heterocycles. The lowest BCUT2D eigenvalue weighted by molar-refractivity contribution is 0.590. The Labute approximate surface area is 573 Å². The molecule has 0 aliphatic heterocycles. The minimum Gasteiger partial charge on any atom is -0.399 e. The molecule has 0 aliphatic carbocycles. The van der Waals surface area contributed by atoms with Crippen LogP contribution in [0, 0.1) is 0 Å². The molecule has 12 aromatic rings. The van der Waals surface area contributed by atoms with Crippen LogP contribution in [-0.4, -0.2) is 0 Å². The number of benzene rings is 12. The van der Waals surface area contributed by atoms with Crippen LogP contribution in [0.25, 0.3) is 66.8 Å². The molecule has 9 N–H and O–H groups in total. The molecule has 12 aromatic carbocycles. The number of anilines is 9. The van der Waals surface area contributed by atoms with E-state index in [2.05, 4.69) is 321 Å². The highest BCUT2D eigenvalue weighted by molar-refractivity contribution is 9.10. The van der Waals surface area contributed by atoms with Crippen molar-refractivity contribution in [3.63, 3.8) is 0 Å². The van der Waals surface area contributed by atoms with Crippen molar-refractivity contribution in [3.05, 3.63) is 306 Å². The average Bonchev–Trinajstić information content (AvgIpc) is 0.825. The summed E-state index contributed by atoms with van der Waals surface area (Å²) in [5, 5.41) is 10.8. The van der Waals surface area contributed by atoms with Crippen molar-refractivity contribution in [3.8, 4) is 66.8 Å². The maximum atomic E-state index is 5.85. The first kappa shape index (κ1) is 67.8. The zero-order valence-electron chi connectivity index (χ0n) is 57.2. The number of nitrogen functional groups attached to an aromatic ring is 3. The van der Waals surface area contributed by atoms with Gasteiger partial charge in [-0.2, -0.15) is 0 Å². The Balaban J connectivity index is 0.000000211. The summed E-state index contributed by atoms with van der Waals surface area (Å²) in [6, 6.07) is 98.3. The van der Waals surface area contributed by atoms with Gasteiger partial charge in [-0.25, -0.2) is 0 Å². The maximum absolute atomic E-state index is 5.85. The molecule has 12 rings (SSSR count). The highest BCUT2D eigenvalue weighted by atomic mass is 79.9. The van der Waals surface area contributed by atoms with E-state index in [-0.39, 0.29) is 21.7 Å². The molecule has 0 radical (unpaired) electrons. The molecule has 0 aromatic heterocycles. The van der Waals surface area contributed by atoms with Gasteiger partial charge >= 0.3 is 0 Å². The van der Waals surface area contributed by atoms with Gasteiger partial charge in [-0.15, -0.1) is 0 Å². The fraction of sp³-hybridized carbons (Fsp3) is 0.182. The topological polar surface area (TPSA) is 114 Å². The van der Waals surface area contributed by atoms with E-state index in [9.17, 15) is 0 Å². The number of rotatable bonds is 12. The zero-order valence-corrected chi connectivity index (χ0v) is 58.8. The quantitative estimate of drug-likeness (QED) is 0.0680. The van der Waals surface area contributed by atoms with Crippen LogP contribution in [0.3, 0.4) is 0 Å².